The number of rotatable bonds is 4. The highest BCUT2D eigenvalue weighted by Gasteiger charge is 2.32. The summed E-state index contributed by atoms with van der Waals surface area (Å²) < 4.78 is 4.95. The van der Waals surface area contributed by atoms with Gasteiger partial charge in [0.15, 0.2) is 0 Å². The summed E-state index contributed by atoms with van der Waals surface area (Å²) >= 11 is 0. The summed E-state index contributed by atoms with van der Waals surface area (Å²) in [5.74, 6) is 0.0226. The van der Waals surface area contributed by atoms with Crippen molar-refractivity contribution in [2.75, 3.05) is 26.8 Å². The van der Waals surface area contributed by atoms with E-state index in [0.29, 0.717) is 0 Å². The van der Waals surface area contributed by atoms with Gasteiger partial charge in [0.1, 0.15) is 6.04 Å². The van der Waals surface area contributed by atoms with Crippen molar-refractivity contribution in [2.24, 2.45) is 5.92 Å². The fourth-order valence-corrected chi connectivity index (χ4v) is 2.72. The molecule has 0 amide bonds. The Morgan fingerprint density at radius 1 is 1.47 bits per heavy atom. The quantitative estimate of drug-likeness (QED) is 0.838. The molecular weight excluding hydrogens is 242 g/mol. The maximum atomic E-state index is 12.1. The van der Waals surface area contributed by atoms with Crippen LogP contribution in [0.4, 0.5) is 0 Å². The number of hydrogen-bond donors (Lipinski definition) is 1. The smallest absolute Gasteiger partial charge is 0.327 e. The topological polar surface area (TPSA) is 49.8 Å². The Bertz CT molecular complexity index is 407. The molecule has 0 aromatic heterocycles. The van der Waals surface area contributed by atoms with E-state index in [0.717, 1.165) is 31.5 Å². The molecule has 104 valence electrons. The second-order valence-corrected chi connectivity index (χ2v) is 5.02. The molecule has 1 N–H and O–H groups in total. The van der Waals surface area contributed by atoms with Crippen molar-refractivity contribution in [3.63, 3.8) is 0 Å². The molecule has 2 atom stereocenters. The van der Waals surface area contributed by atoms with Gasteiger partial charge in [-0.2, -0.15) is 0 Å². The number of benzene rings is 1. The maximum absolute atomic E-state index is 12.1. The van der Waals surface area contributed by atoms with Gasteiger partial charge in [-0.25, -0.2) is 4.79 Å². The van der Waals surface area contributed by atoms with Crippen LogP contribution in [0.3, 0.4) is 0 Å². The summed E-state index contributed by atoms with van der Waals surface area (Å²) in [6.45, 7) is 1.79. The minimum absolute atomic E-state index is 0.180. The van der Waals surface area contributed by atoms with Gasteiger partial charge >= 0.3 is 5.97 Å². The molecule has 1 heterocycles. The molecule has 1 aliphatic heterocycles. The van der Waals surface area contributed by atoms with Gasteiger partial charge in [0.05, 0.1) is 7.11 Å². The highest BCUT2D eigenvalue weighted by atomic mass is 16.5. The van der Waals surface area contributed by atoms with Crippen molar-refractivity contribution in [3.05, 3.63) is 35.9 Å². The predicted octanol–water partition coefficient (Wildman–Crippen LogP) is 1.60. The van der Waals surface area contributed by atoms with Crippen LogP contribution in [0.15, 0.2) is 30.3 Å². The monoisotopic (exact) mass is 263 g/mol. The molecule has 2 rings (SSSR count). The molecule has 4 heteroatoms. The average molecular weight is 263 g/mol. The minimum atomic E-state index is -0.361. The highest BCUT2D eigenvalue weighted by molar-refractivity contribution is 5.77. The summed E-state index contributed by atoms with van der Waals surface area (Å²) in [6, 6.07) is 9.33. The SMILES string of the molecule is COC(=O)C(c1ccccc1)N1CCCC(CO)C1. The van der Waals surface area contributed by atoms with E-state index in [-0.39, 0.29) is 24.5 Å². The van der Waals surface area contributed by atoms with Crippen LogP contribution in [-0.4, -0.2) is 42.8 Å². The molecule has 2 unspecified atom stereocenters. The third kappa shape index (κ3) is 3.33. The first kappa shape index (κ1) is 14.0. The van der Waals surface area contributed by atoms with E-state index in [9.17, 15) is 9.90 Å². The molecule has 0 radical (unpaired) electrons. The molecule has 0 saturated carbocycles. The van der Waals surface area contributed by atoms with Crippen molar-refractivity contribution < 1.29 is 14.6 Å². The van der Waals surface area contributed by atoms with Gasteiger partial charge in [-0.05, 0) is 30.9 Å². The van der Waals surface area contributed by atoms with Gasteiger partial charge < -0.3 is 9.84 Å². The zero-order valence-electron chi connectivity index (χ0n) is 11.3. The summed E-state index contributed by atoms with van der Waals surface area (Å²) in [7, 11) is 1.42. The molecule has 1 aromatic carbocycles. The van der Waals surface area contributed by atoms with Crippen LogP contribution in [0.1, 0.15) is 24.4 Å². The van der Waals surface area contributed by atoms with Crippen LogP contribution >= 0.6 is 0 Å². The number of esters is 1. The summed E-state index contributed by atoms with van der Waals surface area (Å²) in [5, 5.41) is 9.31. The van der Waals surface area contributed by atoms with E-state index < -0.39 is 0 Å². The summed E-state index contributed by atoms with van der Waals surface area (Å²) in [6.07, 6.45) is 2.03. The lowest BCUT2D eigenvalue weighted by Crippen LogP contribution is -2.42. The number of likely N-dealkylation sites (tertiary alicyclic amines) is 1. The maximum Gasteiger partial charge on any atom is 0.327 e. The van der Waals surface area contributed by atoms with Crippen molar-refractivity contribution in [3.8, 4) is 0 Å². The number of methoxy groups -OCH3 is 1. The number of carbonyl (C=O) groups excluding carboxylic acids is 1. The van der Waals surface area contributed by atoms with Crippen LogP contribution in [0.25, 0.3) is 0 Å². The first-order chi connectivity index (χ1) is 9.26. The van der Waals surface area contributed by atoms with Gasteiger partial charge in [0.25, 0.3) is 0 Å². The van der Waals surface area contributed by atoms with Crippen LogP contribution in [0.2, 0.25) is 0 Å². The second kappa shape index (κ2) is 6.68. The van der Waals surface area contributed by atoms with Crippen molar-refractivity contribution in [1.82, 2.24) is 4.90 Å². The van der Waals surface area contributed by atoms with Crippen LogP contribution < -0.4 is 0 Å². The standard InChI is InChI=1S/C15H21NO3/c1-19-15(18)14(13-7-3-2-4-8-13)16-9-5-6-12(10-16)11-17/h2-4,7-8,12,14,17H,5-6,9-11H2,1H3. The first-order valence-electron chi connectivity index (χ1n) is 6.74. The normalized spacial score (nSPS) is 21.9. The van der Waals surface area contributed by atoms with E-state index in [1.54, 1.807) is 0 Å². The Labute approximate surface area is 114 Å². The molecule has 1 saturated heterocycles. The lowest BCUT2D eigenvalue weighted by molar-refractivity contribution is -0.148. The Balaban J connectivity index is 2.20. The number of ether oxygens (including phenoxy) is 1. The number of nitrogens with zero attached hydrogens (tertiary/aromatic N) is 1. The number of aliphatic hydroxyl groups is 1. The Morgan fingerprint density at radius 2 is 2.21 bits per heavy atom. The third-order valence-electron chi connectivity index (χ3n) is 3.71. The summed E-state index contributed by atoms with van der Waals surface area (Å²) in [5.41, 5.74) is 0.952. The molecule has 19 heavy (non-hydrogen) atoms. The van der Waals surface area contributed by atoms with Crippen molar-refractivity contribution in [2.45, 2.75) is 18.9 Å². The highest BCUT2D eigenvalue weighted by Crippen LogP contribution is 2.27. The van der Waals surface area contributed by atoms with Gasteiger partial charge in [0, 0.05) is 13.2 Å². The van der Waals surface area contributed by atoms with Crippen molar-refractivity contribution in [1.29, 1.82) is 0 Å². The molecule has 1 aromatic rings. The van der Waals surface area contributed by atoms with Gasteiger partial charge in [-0.15, -0.1) is 0 Å². The Kier molecular flexibility index (Phi) is 4.93. The summed E-state index contributed by atoms with van der Waals surface area (Å²) in [4.78, 5) is 14.2. The van der Waals surface area contributed by atoms with Gasteiger partial charge in [-0.1, -0.05) is 30.3 Å². The van der Waals surface area contributed by atoms with Gasteiger partial charge in [-0.3, -0.25) is 4.90 Å². The number of carbonyl (C=O) groups is 1. The van der Waals surface area contributed by atoms with Crippen LogP contribution in [0, 0.1) is 5.92 Å². The van der Waals surface area contributed by atoms with E-state index in [2.05, 4.69) is 4.90 Å². The molecular formula is C15H21NO3. The fraction of sp³-hybridized carbons (Fsp3) is 0.533. The minimum Gasteiger partial charge on any atom is -0.468 e. The van der Waals surface area contributed by atoms with E-state index in [1.165, 1.54) is 7.11 Å². The van der Waals surface area contributed by atoms with E-state index >= 15 is 0 Å². The van der Waals surface area contributed by atoms with Gasteiger partial charge in [0.2, 0.25) is 0 Å². The Hall–Kier alpha value is -1.39. The molecule has 1 aliphatic rings. The van der Waals surface area contributed by atoms with Crippen LogP contribution in [0.5, 0.6) is 0 Å². The molecule has 4 nitrogen and oxygen atoms in total. The predicted molar refractivity (Wildman–Crippen MR) is 72.6 cm³/mol. The molecule has 1 fully saturated rings. The number of aliphatic hydroxyl groups excluding tert-OH is 1. The number of piperidine rings is 1. The lowest BCUT2D eigenvalue weighted by atomic mass is 9.95. The molecule has 0 bridgehead atoms. The number of hydrogen-bond acceptors (Lipinski definition) is 4. The van der Waals surface area contributed by atoms with Crippen LogP contribution in [-0.2, 0) is 9.53 Å². The van der Waals surface area contributed by atoms with E-state index in [1.807, 2.05) is 30.3 Å². The second-order valence-electron chi connectivity index (χ2n) is 5.02. The zero-order chi connectivity index (χ0) is 13.7. The third-order valence-corrected chi connectivity index (χ3v) is 3.71. The first-order valence-corrected chi connectivity index (χ1v) is 6.74. The largest absolute Gasteiger partial charge is 0.468 e. The van der Waals surface area contributed by atoms with Crippen molar-refractivity contribution >= 4 is 5.97 Å². The molecule has 0 spiro atoms. The molecule has 0 aliphatic carbocycles. The average Bonchev–Trinajstić information content (AvgIpc) is 2.48. The van der Waals surface area contributed by atoms with E-state index in [4.69, 9.17) is 4.74 Å². The lowest BCUT2D eigenvalue weighted by Gasteiger charge is -2.36. The fourth-order valence-electron chi connectivity index (χ4n) is 2.72. The zero-order valence-corrected chi connectivity index (χ0v) is 11.3. The Morgan fingerprint density at radius 3 is 2.84 bits per heavy atom.